The molecule has 0 aliphatic carbocycles. The molecule has 0 amide bonds. The van der Waals surface area contributed by atoms with Crippen LogP contribution in [0.5, 0.6) is 0 Å². The first-order valence-corrected chi connectivity index (χ1v) is 6.35. The fourth-order valence-electron chi connectivity index (χ4n) is 2.06. The molecule has 0 saturated carbocycles. The highest BCUT2D eigenvalue weighted by Gasteiger charge is 2.28. The Labute approximate surface area is 117 Å². The minimum absolute atomic E-state index is 0.337. The maximum atomic E-state index is 12.0. The lowest BCUT2D eigenvalue weighted by Gasteiger charge is -2.17. The number of nitrogens with zero attached hydrogens (tertiary/aromatic N) is 2. The van der Waals surface area contributed by atoms with Gasteiger partial charge < -0.3 is 9.64 Å². The van der Waals surface area contributed by atoms with Crippen molar-refractivity contribution < 1.29 is 9.53 Å². The standard InChI is InChI=1S/C16H14N2O2/c1-11-6-8-12(9-7-11)15-17-14(16(19)20-15)13-5-3-4-10-18(13)2/h3-10H,1-2H3/b14-13+. The van der Waals surface area contributed by atoms with Crippen molar-refractivity contribution in [3.05, 3.63) is 71.2 Å². The summed E-state index contributed by atoms with van der Waals surface area (Å²) in [5, 5.41) is 0. The zero-order chi connectivity index (χ0) is 14.1. The van der Waals surface area contributed by atoms with Crippen molar-refractivity contribution >= 4 is 11.9 Å². The number of esters is 1. The maximum absolute atomic E-state index is 12.0. The van der Waals surface area contributed by atoms with Gasteiger partial charge in [0.15, 0.2) is 5.70 Å². The molecule has 4 heteroatoms. The first kappa shape index (κ1) is 12.4. The summed E-state index contributed by atoms with van der Waals surface area (Å²) in [6.45, 7) is 2.01. The number of benzene rings is 1. The lowest BCUT2D eigenvalue weighted by atomic mass is 10.1. The van der Waals surface area contributed by atoms with E-state index in [-0.39, 0.29) is 0 Å². The van der Waals surface area contributed by atoms with Crippen LogP contribution in [0.15, 0.2) is 65.1 Å². The number of aryl methyl sites for hydroxylation is 1. The van der Waals surface area contributed by atoms with Gasteiger partial charge in [0, 0.05) is 18.8 Å². The third-order valence-electron chi connectivity index (χ3n) is 3.19. The van der Waals surface area contributed by atoms with Crippen LogP contribution in [0.4, 0.5) is 0 Å². The maximum Gasteiger partial charge on any atom is 0.366 e. The molecule has 0 bridgehead atoms. The summed E-state index contributed by atoms with van der Waals surface area (Å²) in [5.41, 5.74) is 3.03. The normalized spacial score (nSPS) is 21.2. The van der Waals surface area contributed by atoms with E-state index < -0.39 is 5.97 Å². The number of carbonyl (C=O) groups is 1. The molecule has 4 nitrogen and oxygen atoms in total. The molecule has 0 radical (unpaired) electrons. The van der Waals surface area contributed by atoms with Gasteiger partial charge in [-0.05, 0) is 31.2 Å². The van der Waals surface area contributed by atoms with Crippen molar-refractivity contribution in [1.82, 2.24) is 4.90 Å². The van der Waals surface area contributed by atoms with Gasteiger partial charge in [-0.25, -0.2) is 9.79 Å². The number of aliphatic imine (C=N–C) groups is 1. The predicted octanol–water partition coefficient (Wildman–Crippen LogP) is 2.53. The smallest absolute Gasteiger partial charge is 0.366 e. The van der Waals surface area contributed by atoms with Gasteiger partial charge in [0.1, 0.15) is 0 Å². The van der Waals surface area contributed by atoms with Crippen molar-refractivity contribution in [1.29, 1.82) is 0 Å². The highest BCUT2D eigenvalue weighted by Crippen LogP contribution is 2.23. The Morgan fingerprint density at radius 3 is 2.60 bits per heavy atom. The quantitative estimate of drug-likeness (QED) is 0.579. The van der Waals surface area contributed by atoms with E-state index in [1.54, 1.807) is 0 Å². The van der Waals surface area contributed by atoms with Crippen LogP contribution >= 0.6 is 0 Å². The van der Waals surface area contributed by atoms with Gasteiger partial charge in [-0.2, -0.15) is 0 Å². The fraction of sp³-hybridized carbons (Fsp3) is 0.125. The molecule has 0 aromatic heterocycles. The van der Waals surface area contributed by atoms with E-state index in [1.165, 1.54) is 0 Å². The fourth-order valence-corrected chi connectivity index (χ4v) is 2.06. The SMILES string of the molecule is Cc1ccc(C2=N/C(=C3\C=CC=CN3C)C(=O)O2)cc1. The number of carbonyl (C=O) groups excluding carboxylic acids is 1. The van der Waals surface area contributed by atoms with Crippen LogP contribution in [0.25, 0.3) is 0 Å². The first-order chi connectivity index (χ1) is 9.65. The highest BCUT2D eigenvalue weighted by molar-refractivity contribution is 6.11. The molecule has 1 aromatic rings. The lowest BCUT2D eigenvalue weighted by Crippen LogP contribution is -2.15. The largest absolute Gasteiger partial charge is 0.402 e. The van der Waals surface area contributed by atoms with Crippen LogP contribution in [0, 0.1) is 6.92 Å². The number of hydrogen-bond donors (Lipinski definition) is 0. The summed E-state index contributed by atoms with van der Waals surface area (Å²) in [6, 6.07) is 7.73. The summed E-state index contributed by atoms with van der Waals surface area (Å²) in [7, 11) is 1.87. The van der Waals surface area contributed by atoms with E-state index in [4.69, 9.17) is 4.74 Å². The number of likely N-dealkylation sites (N-methyl/N-ethyl adjacent to an activating group) is 1. The van der Waals surface area contributed by atoms with Gasteiger partial charge in [0.2, 0.25) is 5.90 Å². The van der Waals surface area contributed by atoms with Crippen LogP contribution in [0.1, 0.15) is 11.1 Å². The summed E-state index contributed by atoms with van der Waals surface area (Å²) in [5.74, 6) is -0.0590. The van der Waals surface area contributed by atoms with E-state index in [2.05, 4.69) is 4.99 Å². The number of allylic oxidation sites excluding steroid dienone is 3. The summed E-state index contributed by atoms with van der Waals surface area (Å²) in [6.07, 6.45) is 7.48. The zero-order valence-electron chi connectivity index (χ0n) is 11.3. The van der Waals surface area contributed by atoms with Crippen molar-refractivity contribution in [2.45, 2.75) is 6.92 Å². The predicted molar refractivity (Wildman–Crippen MR) is 76.9 cm³/mol. The second kappa shape index (κ2) is 4.81. The van der Waals surface area contributed by atoms with Crippen molar-refractivity contribution in [3.8, 4) is 0 Å². The molecule has 0 atom stereocenters. The molecule has 2 heterocycles. The van der Waals surface area contributed by atoms with Crippen molar-refractivity contribution in [2.24, 2.45) is 4.99 Å². The van der Waals surface area contributed by atoms with Crippen LogP contribution in [0.3, 0.4) is 0 Å². The van der Waals surface area contributed by atoms with Crippen LogP contribution < -0.4 is 0 Å². The van der Waals surface area contributed by atoms with E-state index in [0.29, 0.717) is 11.6 Å². The first-order valence-electron chi connectivity index (χ1n) is 6.35. The van der Waals surface area contributed by atoms with Gasteiger partial charge in [-0.15, -0.1) is 0 Å². The molecule has 1 aromatic carbocycles. The third kappa shape index (κ3) is 2.16. The molecule has 0 N–H and O–H groups in total. The Morgan fingerprint density at radius 2 is 1.90 bits per heavy atom. The highest BCUT2D eigenvalue weighted by atomic mass is 16.6. The van der Waals surface area contributed by atoms with Gasteiger partial charge in [-0.1, -0.05) is 23.8 Å². The van der Waals surface area contributed by atoms with E-state index >= 15 is 0 Å². The van der Waals surface area contributed by atoms with Crippen LogP contribution in [-0.4, -0.2) is 23.8 Å². The topological polar surface area (TPSA) is 41.9 Å². The minimum Gasteiger partial charge on any atom is -0.402 e. The molecular formula is C16H14N2O2. The lowest BCUT2D eigenvalue weighted by molar-refractivity contribution is -0.130. The van der Waals surface area contributed by atoms with Gasteiger partial charge in [0.05, 0.1) is 5.70 Å². The summed E-state index contributed by atoms with van der Waals surface area (Å²) in [4.78, 5) is 18.2. The molecule has 2 aliphatic heterocycles. The molecule has 20 heavy (non-hydrogen) atoms. The Bertz CT molecular complexity index is 679. The van der Waals surface area contributed by atoms with Crippen molar-refractivity contribution in [3.63, 3.8) is 0 Å². The van der Waals surface area contributed by atoms with E-state index in [1.807, 2.05) is 67.6 Å². The second-order valence-corrected chi connectivity index (χ2v) is 4.72. The number of rotatable bonds is 1. The average molecular weight is 266 g/mol. The monoisotopic (exact) mass is 266 g/mol. The van der Waals surface area contributed by atoms with Crippen LogP contribution in [0.2, 0.25) is 0 Å². The molecule has 0 saturated heterocycles. The van der Waals surface area contributed by atoms with Gasteiger partial charge in [-0.3, -0.25) is 0 Å². The van der Waals surface area contributed by atoms with Crippen molar-refractivity contribution in [2.75, 3.05) is 7.05 Å². The average Bonchev–Trinajstić information content (AvgIpc) is 2.82. The Balaban J connectivity index is 2.01. The Morgan fingerprint density at radius 1 is 1.15 bits per heavy atom. The van der Waals surface area contributed by atoms with Gasteiger partial charge >= 0.3 is 5.97 Å². The van der Waals surface area contributed by atoms with E-state index in [9.17, 15) is 4.79 Å². The number of ether oxygens (including phenoxy) is 1. The molecule has 3 rings (SSSR count). The number of hydrogen-bond acceptors (Lipinski definition) is 4. The Hall–Kier alpha value is -2.62. The molecule has 0 spiro atoms. The van der Waals surface area contributed by atoms with Gasteiger partial charge in [0.25, 0.3) is 0 Å². The molecule has 2 aliphatic rings. The number of cyclic esters (lactones) is 1. The minimum atomic E-state index is -0.414. The van der Waals surface area contributed by atoms with Crippen LogP contribution in [-0.2, 0) is 9.53 Å². The van der Waals surface area contributed by atoms with E-state index in [0.717, 1.165) is 16.8 Å². The zero-order valence-corrected chi connectivity index (χ0v) is 11.3. The molecule has 100 valence electrons. The third-order valence-corrected chi connectivity index (χ3v) is 3.19. The molecule has 0 fully saturated rings. The summed E-state index contributed by atoms with van der Waals surface area (Å²) >= 11 is 0. The molecule has 0 unspecified atom stereocenters. The Kier molecular flexibility index (Phi) is 2.99. The molecular weight excluding hydrogens is 252 g/mol. The summed E-state index contributed by atoms with van der Waals surface area (Å²) < 4.78 is 5.27. The second-order valence-electron chi connectivity index (χ2n) is 4.72.